The van der Waals surface area contributed by atoms with Gasteiger partial charge in [-0.15, -0.1) is 0 Å². The van der Waals surface area contributed by atoms with Crippen molar-refractivity contribution >= 4 is 60.8 Å². The second kappa shape index (κ2) is 16.9. The molecular formula is C66H44N2O. The smallest absolute Gasteiger partial charge is 0.143 e. The molecule has 3 nitrogen and oxygen atoms in total. The zero-order valence-electron chi connectivity index (χ0n) is 37.7. The molecule has 324 valence electrons. The fraction of sp³-hybridized carbons (Fsp3) is 0. The first-order valence-corrected chi connectivity index (χ1v) is 23.6. The maximum Gasteiger partial charge on any atom is 0.143 e. The van der Waals surface area contributed by atoms with E-state index in [0.29, 0.717) is 0 Å². The molecule has 13 aromatic rings. The predicted octanol–water partition coefficient (Wildman–Crippen LogP) is 18.5. The van der Waals surface area contributed by atoms with Gasteiger partial charge in [0.25, 0.3) is 0 Å². The van der Waals surface area contributed by atoms with Gasteiger partial charge >= 0.3 is 0 Å². The van der Waals surface area contributed by atoms with Crippen LogP contribution in [0.4, 0.5) is 17.1 Å². The van der Waals surface area contributed by atoms with Gasteiger partial charge in [-0.25, -0.2) is 0 Å². The summed E-state index contributed by atoms with van der Waals surface area (Å²) in [5.74, 6) is 0. The first-order valence-electron chi connectivity index (χ1n) is 23.6. The molecule has 0 spiro atoms. The van der Waals surface area contributed by atoms with E-state index in [1.54, 1.807) is 0 Å². The average molecular weight is 881 g/mol. The van der Waals surface area contributed by atoms with Crippen LogP contribution in [0.15, 0.2) is 271 Å². The van der Waals surface area contributed by atoms with E-state index in [1.165, 1.54) is 55.3 Å². The highest BCUT2D eigenvalue weighted by Crippen LogP contribution is 2.42. The quantitative estimate of drug-likeness (QED) is 0.144. The van der Waals surface area contributed by atoms with Crippen LogP contribution >= 0.6 is 0 Å². The fourth-order valence-corrected chi connectivity index (χ4v) is 10.3. The van der Waals surface area contributed by atoms with Gasteiger partial charge in [0.1, 0.15) is 11.2 Å². The summed E-state index contributed by atoms with van der Waals surface area (Å²) in [6, 6.07) is 96.0. The second-order valence-electron chi connectivity index (χ2n) is 17.7. The summed E-state index contributed by atoms with van der Waals surface area (Å²) in [4.78, 5) is 2.36. The van der Waals surface area contributed by atoms with Gasteiger partial charge in [-0.2, -0.15) is 0 Å². The third kappa shape index (κ3) is 7.16. The Kier molecular flexibility index (Phi) is 9.84. The lowest BCUT2D eigenvalue weighted by molar-refractivity contribution is 0.670. The number of anilines is 3. The van der Waals surface area contributed by atoms with Crippen LogP contribution in [0.3, 0.4) is 0 Å². The van der Waals surface area contributed by atoms with E-state index in [1.807, 2.05) is 12.1 Å². The lowest BCUT2D eigenvalue weighted by Crippen LogP contribution is -2.10. The Morgan fingerprint density at radius 2 is 0.725 bits per heavy atom. The van der Waals surface area contributed by atoms with Crippen LogP contribution in [0.5, 0.6) is 0 Å². The van der Waals surface area contributed by atoms with Crippen LogP contribution in [0.2, 0.25) is 0 Å². The Hall–Kier alpha value is -9.18. The maximum atomic E-state index is 6.46. The van der Waals surface area contributed by atoms with E-state index in [-0.39, 0.29) is 0 Å². The maximum absolute atomic E-state index is 6.46. The molecule has 0 atom stereocenters. The molecule has 13 rings (SSSR count). The van der Waals surface area contributed by atoms with Crippen molar-refractivity contribution in [2.45, 2.75) is 0 Å². The summed E-state index contributed by atoms with van der Waals surface area (Å²) in [5, 5.41) is 4.78. The van der Waals surface area contributed by atoms with E-state index in [0.717, 1.165) is 66.8 Å². The Morgan fingerprint density at radius 1 is 0.275 bits per heavy atom. The Morgan fingerprint density at radius 3 is 1.43 bits per heavy atom. The highest BCUT2D eigenvalue weighted by molar-refractivity contribution is 6.11. The van der Waals surface area contributed by atoms with Gasteiger partial charge in [0, 0.05) is 49.7 Å². The topological polar surface area (TPSA) is 21.3 Å². The molecule has 0 unspecified atom stereocenters. The van der Waals surface area contributed by atoms with Crippen molar-refractivity contribution in [2.75, 3.05) is 4.90 Å². The van der Waals surface area contributed by atoms with E-state index in [2.05, 4.69) is 264 Å². The van der Waals surface area contributed by atoms with Crippen LogP contribution in [-0.2, 0) is 0 Å². The summed E-state index contributed by atoms with van der Waals surface area (Å²) in [6.07, 6.45) is 0. The summed E-state index contributed by atoms with van der Waals surface area (Å²) in [6.45, 7) is 0. The predicted molar refractivity (Wildman–Crippen MR) is 290 cm³/mol. The van der Waals surface area contributed by atoms with Gasteiger partial charge < -0.3 is 13.9 Å². The lowest BCUT2D eigenvalue weighted by atomic mass is 9.98. The molecule has 0 saturated heterocycles. The van der Waals surface area contributed by atoms with E-state index in [4.69, 9.17) is 4.42 Å². The number of hydrogen-bond donors (Lipinski definition) is 0. The number of benzene rings is 11. The van der Waals surface area contributed by atoms with Crippen LogP contribution < -0.4 is 4.90 Å². The largest absolute Gasteiger partial charge is 0.455 e. The van der Waals surface area contributed by atoms with Crippen molar-refractivity contribution in [1.82, 2.24) is 4.57 Å². The molecule has 0 radical (unpaired) electrons. The lowest BCUT2D eigenvalue weighted by Gasteiger charge is -2.26. The third-order valence-corrected chi connectivity index (χ3v) is 13.6. The minimum atomic E-state index is 0.900. The summed E-state index contributed by atoms with van der Waals surface area (Å²) < 4.78 is 8.87. The van der Waals surface area contributed by atoms with E-state index in [9.17, 15) is 0 Å². The van der Waals surface area contributed by atoms with Crippen LogP contribution in [0, 0.1) is 0 Å². The number of hydrogen-bond acceptors (Lipinski definition) is 2. The third-order valence-electron chi connectivity index (χ3n) is 13.6. The Labute approximate surface area is 401 Å². The molecule has 2 aromatic heterocycles. The molecular weight excluding hydrogens is 837 g/mol. The number of aromatic nitrogens is 1. The minimum absolute atomic E-state index is 0.900. The van der Waals surface area contributed by atoms with E-state index >= 15 is 0 Å². The number of fused-ring (bicyclic) bond motifs is 6. The van der Waals surface area contributed by atoms with Crippen molar-refractivity contribution in [3.05, 3.63) is 267 Å². The number of para-hydroxylation sites is 5. The van der Waals surface area contributed by atoms with E-state index < -0.39 is 0 Å². The molecule has 0 bridgehead atoms. The van der Waals surface area contributed by atoms with Crippen molar-refractivity contribution < 1.29 is 4.42 Å². The molecule has 0 amide bonds. The van der Waals surface area contributed by atoms with Crippen molar-refractivity contribution in [3.63, 3.8) is 0 Å². The Bertz CT molecular complexity index is 3940. The van der Waals surface area contributed by atoms with Crippen molar-refractivity contribution in [1.29, 1.82) is 0 Å². The fourth-order valence-electron chi connectivity index (χ4n) is 10.3. The molecule has 0 saturated carbocycles. The Balaban J connectivity index is 0.860. The molecule has 0 aliphatic carbocycles. The second-order valence-corrected chi connectivity index (χ2v) is 17.7. The first-order chi connectivity index (χ1) is 34.2. The molecule has 3 heteroatoms. The van der Waals surface area contributed by atoms with Gasteiger partial charge in [-0.1, -0.05) is 200 Å². The van der Waals surface area contributed by atoms with Crippen LogP contribution in [-0.4, -0.2) is 4.57 Å². The molecule has 0 aliphatic rings. The highest BCUT2D eigenvalue weighted by atomic mass is 16.3. The molecule has 0 aliphatic heterocycles. The summed E-state index contributed by atoms with van der Waals surface area (Å²) in [7, 11) is 0. The SMILES string of the molecule is c1ccc(-c2cccc(-c3cccc(N(c4ccc(-c5ccc(-c6ccccc6-n6c7ccccc7c7ccccc76)cc5)cc4)c4ccc(-c5cccc6c5oc5ccccc56)cc4)c3)c2)cc1. The van der Waals surface area contributed by atoms with Crippen molar-refractivity contribution in [2.24, 2.45) is 0 Å². The molecule has 11 aromatic carbocycles. The average Bonchev–Trinajstić information content (AvgIpc) is 3.98. The number of nitrogens with zero attached hydrogens (tertiary/aromatic N) is 2. The van der Waals surface area contributed by atoms with Gasteiger partial charge in [0.05, 0.1) is 16.7 Å². The first kappa shape index (κ1) is 40.1. The number of furan rings is 1. The number of rotatable bonds is 9. The van der Waals surface area contributed by atoms with Crippen LogP contribution in [0.1, 0.15) is 0 Å². The highest BCUT2D eigenvalue weighted by Gasteiger charge is 2.18. The van der Waals surface area contributed by atoms with Crippen LogP contribution in [0.25, 0.3) is 105 Å². The minimum Gasteiger partial charge on any atom is -0.455 e. The normalized spacial score (nSPS) is 11.5. The molecule has 69 heavy (non-hydrogen) atoms. The van der Waals surface area contributed by atoms with Crippen molar-refractivity contribution in [3.8, 4) is 61.3 Å². The standard InChI is InChI=1S/C66H44N2O/c1-2-15-45(16-3-1)50-17-12-18-51(43-50)52-19-13-20-55(44-52)67(54-41-37-49(38-42-54)57-25-14-26-61-60-24-7-11-30-65(60)69-66(57)61)53-39-35-47(36-40-53)46-31-33-48(34-32-46)56-21-4-8-27-62(56)68-63-28-9-5-22-58(63)59-23-6-10-29-64(59)68/h1-44H. The zero-order chi connectivity index (χ0) is 45.7. The molecule has 0 N–H and O–H groups in total. The molecule has 2 heterocycles. The summed E-state index contributed by atoms with van der Waals surface area (Å²) in [5.41, 5.74) is 20.2. The zero-order valence-corrected chi connectivity index (χ0v) is 37.7. The molecule has 0 fully saturated rings. The van der Waals surface area contributed by atoms with Gasteiger partial charge in [0.15, 0.2) is 0 Å². The van der Waals surface area contributed by atoms with Gasteiger partial charge in [0.2, 0.25) is 0 Å². The summed E-state index contributed by atoms with van der Waals surface area (Å²) >= 11 is 0. The monoisotopic (exact) mass is 880 g/mol. The van der Waals surface area contributed by atoms with Gasteiger partial charge in [-0.05, 0) is 111 Å². The van der Waals surface area contributed by atoms with Gasteiger partial charge in [-0.3, -0.25) is 0 Å².